The molecule has 0 spiro atoms. The number of hydrogen-bond acceptors (Lipinski definition) is 6. The Morgan fingerprint density at radius 2 is 2.04 bits per heavy atom. The molecule has 1 N–H and O–H groups in total. The van der Waals surface area contributed by atoms with Crippen LogP contribution in [-0.2, 0) is 11.4 Å². The number of hydrogen-bond donors (Lipinski definition) is 1. The van der Waals surface area contributed by atoms with Crippen LogP contribution in [0.3, 0.4) is 0 Å². The maximum Gasteiger partial charge on any atom is 0.236 e. The van der Waals surface area contributed by atoms with Crippen LogP contribution in [0.25, 0.3) is 0 Å². The van der Waals surface area contributed by atoms with Gasteiger partial charge in [-0.25, -0.2) is 0 Å². The number of nitrogens with zero attached hydrogens (tertiary/aromatic N) is 2. The molecule has 0 saturated carbocycles. The van der Waals surface area contributed by atoms with E-state index in [1.54, 1.807) is 13.3 Å². The van der Waals surface area contributed by atoms with Crippen molar-refractivity contribution in [1.82, 2.24) is 5.32 Å². The number of carbonyl (C=O) groups is 1. The molecular formula is C18H17N3O3S. The quantitative estimate of drug-likeness (QED) is 0.639. The zero-order chi connectivity index (χ0) is 17.5. The molecule has 6 nitrogen and oxygen atoms in total. The van der Waals surface area contributed by atoms with Gasteiger partial charge in [0.2, 0.25) is 5.91 Å². The van der Waals surface area contributed by atoms with Gasteiger partial charge < -0.3 is 14.8 Å². The number of amidine groups is 1. The van der Waals surface area contributed by atoms with Crippen molar-refractivity contribution in [1.29, 1.82) is 0 Å². The minimum atomic E-state index is -0.0551. The fourth-order valence-electron chi connectivity index (χ4n) is 2.15. The summed E-state index contributed by atoms with van der Waals surface area (Å²) in [5, 5.41) is 11.1. The second kappa shape index (κ2) is 8.34. The number of ether oxygens (including phenoxy) is 2. The van der Waals surface area contributed by atoms with Gasteiger partial charge in [0.05, 0.1) is 19.1 Å². The molecule has 2 aromatic rings. The van der Waals surface area contributed by atoms with Gasteiger partial charge >= 0.3 is 0 Å². The third-order valence-corrected chi connectivity index (χ3v) is 4.23. The predicted octanol–water partition coefficient (Wildman–Crippen LogP) is 2.83. The van der Waals surface area contributed by atoms with Crippen LogP contribution in [-0.4, -0.2) is 30.2 Å². The van der Waals surface area contributed by atoms with Crippen molar-refractivity contribution >= 4 is 29.1 Å². The smallest absolute Gasteiger partial charge is 0.236 e. The lowest BCUT2D eigenvalue weighted by molar-refractivity contribution is -0.116. The van der Waals surface area contributed by atoms with Gasteiger partial charge in [0.1, 0.15) is 6.61 Å². The second-order valence-electron chi connectivity index (χ2n) is 5.17. The van der Waals surface area contributed by atoms with Crippen LogP contribution in [0.2, 0.25) is 0 Å². The van der Waals surface area contributed by atoms with Crippen LogP contribution < -0.4 is 14.8 Å². The van der Waals surface area contributed by atoms with Crippen molar-refractivity contribution in [2.24, 2.45) is 10.2 Å². The first-order valence-corrected chi connectivity index (χ1v) is 8.61. The molecule has 0 aliphatic carbocycles. The van der Waals surface area contributed by atoms with Crippen molar-refractivity contribution in [3.63, 3.8) is 0 Å². The molecule has 1 saturated heterocycles. The fraction of sp³-hybridized carbons (Fsp3) is 0.167. The van der Waals surface area contributed by atoms with Crippen molar-refractivity contribution in [3.8, 4) is 11.5 Å². The molecule has 25 heavy (non-hydrogen) atoms. The van der Waals surface area contributed by atoms with E-state index >= 15 is 0 Å². The Labute approximate surface area is 149 Å². The summed E-state index contributed by atoms with van der Waals surface area (Å²) >= 11 is 1.33. The number of benzene rings is 2. The van der Waals surface area contributed by atoms with Crippen LogP contribution in [0.5, 0.6) is 11.5 Å². The first-order valence-electron chi connectivity index (χ1n) is 7.63. The topological polar surface area (TPSA) is 72.3 Å². The highest BCUT2D eigenvalue weighted by atomic mass is 32.2. The molecule has 1 heterocycles. The Kier molecular flexibility index (Phi) is 5.69. The Hall–Kier alpha value is -2.80. The Morgan fingerprint density at radius 1 is 1.20 bits per heavy atom. The van der Waals surface area contributed by atoms with Crippen molar-refractivity contribution in [3.05, 3.63) is 59.7 Å². The summed E-state index contributed by atoms with van der Waals surface area (Å²) < 4.78 is 11.2. The van der Waals surface area contributed by atoms with Crippen LogP contribution in [0.15, 0.2) is 58.7 Å². The minimum absolute atomic E-state index is 0.0551. The average Bonchev–Trinajstić information content (AvgIpc) is 3.06. The van der Waals surface area contributed by atoms with Crippen LogP contribution >= 0.6 is 11.8 Å². The molecule has 1 aliphatic rings. The van der Waals surface area contributed by atoms with Crippen LogP contribution in [0.4, 0.5) is 0 Å². The van der Waals surface area contributed by atoms with Gasteiger partial charge in [0, 0.05) is 0 Å². The molecular weight excluding hydrogens is 338 g/mol. The first kappa shape index (κ1) is 17.0. The van der Waals surface area contributed by atoms with E-state index in [4.69, 9.17) is 9.47 Å². The van der Waals surface area contributed by atoms with Gasteiger partial charge in [-0.3, -0.25) is 4.79 Å². The Bertz CT molecular complexity index is 806. The molecule has 128 valence electrons. The third kappa shape index (κ3) is 4.84. The molecule has 0 atom stereocenters. The van der Waals surface area contributed by atoms with Gasteiger partial charge in [-0.05, 0) is 29.3 Å². The number of amides is 1. The largest absolute Gasteiger partial charge is 0.493 e. The highest BCUT2D eigenvalue weighted by Gasteiger charge is 2.15. The summed E-state index contributed by atoms with van der Waals surface area (Å²) in [5.41, 5.74) is 1.91. The molecule has 0 unspecified atom stereocenters. The van der Waals surface area contributed by atoms with Crippen molar-refractivity contribution in [2.45, 2.75) is 6.61 Å². The Balaban J connectivity index is 1.65. The molecule has 3 rings (SSSR count). The summed E-state index contributed by atoms with van der Waals surface area (Å²) in [7, 11) is 1.59. The molecule has 7 heteroatoms. The zero-order valence-corrected chi connectivity index (χ0v) is 14.5. The summed E-state index contributed by atoms with van der Waals surface area (Å²) in [6.07, 6.45) is 1.60. The van der Waals surface area contributed by atoms with Gasteiger partial charge in [0.25, 0.3) is 0 Å². The number of thioether (sulfide) groups is 1. The first-order chi connectivity index (χ1) is 12.2. The molecule has 0 aromatic heterocycles. The lowest BCUT2D eigenvalue weighted by Gasteiger charge is -2.11. The maximum atomic E-state index is 11.1. The molecule has 0 bridgehead atoms. The van der Waals surface area contributed by atoms with E-state index in [2.05, 4.69) is 15.5 Å². The summed E-state index contributed by atoms with van der Waals surface area (Å²) in [5.74, 6) is 1.61. The summed E-state index contributed by atoms with van der Waals surface area (Å²) in [6, 6.07) is 15.5. The van der Waals surface area contributed by atoms with E-state index in [1.807, 2.05) is 48.5 Å². The molecule has 2 aromatic carbocycles. The van der Waals surface area contributed by atoms with Gasteiger partial charge in [-0.2, -0.15) is 5.10 Å². The van der Waals surface area contributed by atoms with E-state index in [-0.39, 0.29) is 5.91 Å². The standard InChI is InChI=1S/C18H17N3O3S/c1-23-16-9-14(10-19-21-18-20-17(22)12-25-18)7-8-15(16)24-11-13-5-3-2-4-6-13/h2-10H,11-12H2,1H3,(H,20,21,22). The zero-order valence-electron chi connectivity index (χ0n) is 13.6. The third-order valence-electron chi connectivity index (χ3n) is 3.37. The summed E-state index contributed by atoms with van der Waals surface area (Å²) in [6.45, 7) is 0.467. The highest BCUT2D eigenvalue weighted by Crippen LogP contribution is 2.28. The minimum Gasteiger partial charge on any atom is -0.493 e. The number of nitrogens with one attached hydrogen (secondary N) is 1. The number of rotatable bonds is 6. The van der Waals surface area contributed by atoms with Crippen LogP contribution in [0, 0.1) is 0 Å². The lowest BCUT2D eigenvalue weighted by Crippen LogP contribution is -2.19. The maximum absolute atomic E-state index is 11.1. The van der Waals surface area contributed by atoms with E-state index < -0.39 is 0 Å². The monoisotopic (exact) mass is 355 g/mol. The van der Waals surface area contributed by atoms with Gasteiger partial charge in [-0.1, -0.05) is 42.1 Å². The highest BCUT2D eigenvalue weighted by molar-refractivity contribution is 8.15. The lowest BCUT2D eigenvalue weighted by atomic mass is 10.2. The van der Waals surface area contributed by atoms with E-state index in [0.29, 0.717) is 29.0 Å². The second-order valence-corrected chi connectivity index (χ2v) is 6.14. The van der Waals surface area contributed by atoms with Crippen molar-refractivity contribution < 1.29 is 14.3 Å². The number of methoxy groups -OCH3 is 1. The normalized spacial score (nSPS) is 15.6. The fourth-order valence-corrected chi connectivity index (χ4v) is 2.78. The molecule has 1 amide bonds. The van der Waals surface area contributed by atoms with Gasteiger partial charge in [0.15, 0.2) is 16.7 Å². The van der Waals surface area contributed by atoms with E-state index in [0.717, 1.165) is 11.1 Å². The number of carbonyl (C=O) groups excluding carboxylic acids is 1. The molecule has 1 aliphatic heterocycles. The molecule has 1 fully saturated rings. The summed E-state index contributed by atoms with van der Waals surface area (Å²) in [4.78, 5) is 11.1. The predicted molar refractivity (Wildman–Crippen MR) is 99.4 cm³/mol. The van der Waals surface area contributed by atoms with E-state index in [9.17, 15) is 4.79 Å². The van der Waals surface area contributed by atoms with Gasteiger partial charge in [-0.15, -0.1) is 5.10 Å². The molecule has 0 radical (unpaired) electrons. The SMILES string of the molecule is COc1cc(C=NN=C2NC(=O)CS2)ccc1OCc1ccccc1. The van der Waals surface area contributed by atoms with Crippen LogP contribution in [0.1, 0.15) is 11.1 Å². The van der Waals surface area contributed by atoms with E-state index in [1.165, 1.54) is 11.8 Å². The Morgan fingerprint density at radius 3 is 2.76 bits per heavy atom. The average molecular weight is 355 g/mol. The van der Waals surface area contributed by atoms with Crippen molar-refractivity contribution in [2.75, 3.05) is 12.9 Å².